The molecule has 1 aliphatic rings. The summed E-state index contributed by atoms with van der Waals surface area (Å²) >= 11 is 0. The van der Waals surface area contributed by atoms with Gasteiger partial charge in [-0.2, -0.15) is 0 Å². The molecule has 0 heterocycles. The molecule has 1 nitrogen and oxygen atoms in total. The molecule has 0 radical (unpaired) electrons. The summed E-state index contributed by atoms with van der Waals surface area (Å²) < 4.78 is 0. The van der Waals surface area contributed by atoms with E-state index in [1.54, 1.807) is 0 Å². The Bertz CT molecular complexity index is 307. The number of rotatable bonds is 2. The summed E-state index contributed by atoms with van der Waals surface area (Å²) in [6.45, 7) is 10.4. The van der Waals surface area contributed by atoms with Crippen LogP contribution in [0.2, 0.25) is 0 Å². The van der Waals surface area contributed by atoms with Crippen LogP contribution in [0.4, 0.5) is 0 Å². The van der Waals surface area contributed by atoms with Gasteiger partial charge in [-0.1, -0.05) is 37.6 Å². The van der Waals surface area contributed by atoms with Crippen LogP contribution in [0.25, 0.3) is 0 Å². The fourth-order valence-electron chi connectivity index (χ4n) is 2.34. The van der Waals surface area contributed by atoms with Gasteiger partial charge in [0.1, 0.15) is 5.78 Å². The van der Waals surface area contributed by atoms with Gasteiger partial charge in [0.2, 0.25) is 0 Å². The predicted octanol–water partition coefficient (Wildman–Crippen LogP) is 3.76. The first-order chi connectivity index (χ1) is 6.88. The van der Waals surface area contributed by atoms with Crippen molar-refractivity contribution in [1.82, 2.24) is 0 Å². The van der Waals surface area contributed by atoms with Gasteiger partial charge < -0.3 is 0 Å². The van der Waals surface area contributed by atoms with Crippen LogP contribution in [0.15, 0.2) is 23.8 Å². The minimum atomic E-state index is -0.245. The molecule has 0 N–H and O–H groups in total. The number of hydrogen-bond donors (Lipinski definition) is 0. The molecule has 84 valence electrons. The Morgan fingerprint density at radius 2 is 2.00 bits per heavy atom. The van der Waals surface area contributed by atoms with Gasteiger partial charge >= 0.3 is 0 Å². The highest BCUT2D eigenvalue weighted by atomic mass is 16.1. The van der Waals surface area contributed by atoms with Crippen molar-refractivity contribution in [2.75, 3.05) is 0 Å². The number of hydrogen-bond acceptors (Lipinski definition) is 1. The Morgan fingerprint density at radius 3 is 2.40 bits per heavy atom. The third-order valence-corrected chi connectivity index (χ3v) is 3.58. The Balaban J connectivity index is 2.87. The molecule has 0 bridgehead atoms. The molecule has 0 saturated heterocycles. The molecule has 1 rings (SSSR count). The molecular formula is C14H22O. The minimum absolute atomic E-state index is 0.223. The van der Waals surface area contributed by atoms with Gasteiger partial charge in [0.15, 0.2) is 0 Å². The zero-order valence-electron chi connectivity index (χ0n) is 10.5. The summed E-state index contributed by atoms with van der Waals surface area (Å²) in [5.41, 5.74) is 1.02. The average molecular weight is 206 g/mol. The van der Waals surface area contributed by atoms with Crippen LogP contribution in [0.3, 0.4) is 0 Å². The highest BCUT2D eigenvalue weighted by Gasteiger charge is 2.45. The molecule has 0 amide bonds. The number of ketones is 1. The smallest absolute Gasteiger partial charge is 0.145 e. The van der Waals surface area contributed by atoms with Crippen molar-refractivity contribution in [3.05, 3.63) is 23.8 Å². The van der Waals surface area contributed by atoms with Gasteiger partial charge in [0, 0.05) is 11.3 Å². The van der Waals surface area contributed by atoms with E-state index in [0.29, 0.717) is 11.7 Å². The zero-order valence-corrected chi connectivity index (χ0v) is 10.5. The SMILES string of the molecule is CC(C)=CC=CC1(C)C(=O)C(C)CC1C. The van der Waals surface area contributed by atoms with Crippen LogP contribution in [-0.4, -0.2) is 5.78 Å². The van der Waals surface area contributed by atoms with E-state index in [9.17, 15) is 4.79 Å². The summed E-state index contributed by atoms with van der Waals surface area (Å²) in [7, 11) is 0. The second kappa shape index (κ2) is 4.34. The standard InChI is InChI=1S/C14H22O/c1-10(2)7-6-8-14(5)12(4)9-11(3)13(14)15/h6-8,11-12H,9H2,1-5H3. The third kappa shape index (κ3) is 2.39. The summed E-state index contributed by atoms with van der Waals surface area (Å²) in [5, 5.41) is 0. The van der Waals surface area contributed by atoms with Crippen LogP contribution in [0, 0.1) is 17.3 Å². The lowest BCUT2D eigenvalue weighted by molar-refractivity contribution is -0.126. The highest BCUT2D eigenvalue weighted by molar-refractivity contribution is 5.90. The number of carbonyl (C=O) groups excluding carboxylic acids is 1. The van der Waals surface area contributed by atoms with Crippen LogP contribution < -0.4 is 0 Å². The maximum Gasteiger partial charge on any atom is 0.145 e. The first kappa shape index (κ1) is 12.2. The molecule has 1 heteroatoms. The normalized spacial score (nSPS) is 36.2. The first-order valence-electron chi connectivity index (χ1n) is 5.75. The van der Waals surface area contributed by atoms with E-state index in [2.05, 4.69) is 39.8 Å². The largest absolute Gasteiger partial charge is 0.298 e. The summed E-state index contributed by atoms with van der Waals surface area (Å²) in [5.74, 6) is 1.08. The van der Waals surface area contributed by atoms with Gasteiger partial charge in [-0.05, 0) is 33.1 Å². The van der Waals surface area contributed by atoms with Crippen LogP contribution in [-0.2, 0) is 4.79 Å². The fourth-order valence-corrected chi connectivity index (χ4v) is 2.34. The molecule has 15 heavy (non-hydrogen) atoms. The van der Waals surface area contributed by atoms with Crippen molar-refractivity contribution >= 4 is 5.78 Å². The van der Waals surface area contributed by atoms with Gasteiger partial charge in [0.05, 0.1) is 0 Å². The van der Waals surface area contributed by atoms with Crippen LogP contribution in [0.1, 0.15) is 41.0 Å². The lowest BCUT2D eigenvalue weighted by atomic mass is 9.79. The van der Waals surface area contributed by atoms with E-state index in [4.69, 9.17) is 0 Å². The summed E-state index contributed by atoms with van der Waals surface area (Å²) in [4.78, 5) is 12.0. The molecule has 0 aliphatic heterocycles. The van der Waals surface area contributed by atoms with E-state index in [-0.39, 0.29) is 11.3 Å². The molecule has 1 fully saturated rings. The van der Waals surface area contributed by atoms with Crippen LogP contribution >= 0.6 is 0 Å². The number of Topliss-reactive ketones (excluding diaryl/α,β-unsaturated/α-hetero) is 1. The molecule has 0 aromatic rings. The number of carbonyl (C=O) groups is 1. The molecule has 0 spiro atoms. The van der Waals surface area contributed by atoms with Crippen molar-refractivity contribution in [1.29, 1.82) is 0 Å². The van der Waals surface area contributed by atoms with Crippen molar-refractivity contribution in [3.8, 4) is 0 Å². The molecule has 0 aromatic heterocycles. The summed E-state index contributed by atoms with van der Waals surface area (Å²) in [6.07, 6.45) is 7.20. The maximum absolute atomic E-state index is 12.0. The van der Waals surface area contributed by atoms with Crippen molar-refractivity contribution < 1.29 is 4.79 Å². The molecule has 3 atom stereocenters. The third-order valence-electron chi connectivity index (χ3n) is 3.58. The first-order valence-corrected chi connectivity index (χ1v) is 5.75. The van der Waals surface area contributed by atoms with Gasteiger partial charge in [-0.3, -0.25) is 4.79 Å². The number of allylic oxidation sites excluding steroid dienone is 4. The highest BCUT2D eigenvalue weighted by Crippen LogP contribution is 2.44. The van der Waals surface area contributed by atoms with Gasteiger partial charge in [-0.25, -0.2) is 0 Å². The van der Waals surface area contributed by atoms with E-state index in [0.717, 1.165) is 6.42 Å². The Hall–Kier alpha value is -0.850. The average Bonchev–Trinajstić information content (AvgIpc) is 2.31. The van der Waals surface area contributed by atoms with Crippen LogP contribution in [0.5, 0.6) is 0 Å². The Labute approximate surface area is 93.3 Å². The molecule has 1 saturated carbocycles. The van der Waals surface area contributed by atoms with E-state index in [1.165, 1.54) is 5.57 Å². The summed E-state index contributed by atoms with van der Waals surface area (Å²) in [6, 6.07) is 0. The second-order valence-corrected chi connectivity index (χ2v) is 5.29. The Kier molecular flexibility index (Phi) is 3.54. The molecular weight excluding hydrogens is 184 g/mol. The van der Waals surface area contributed by atoms with E-state index < -0.39 is 0 Å². The topological polar surface area (TPSA) is 17.1 Å². The lowest BCUT2D eigenvalue weighted by Crippen LogP contribution is -2.26. The lowest BCUT2D eigenvalue weighted by Gasteiger charge is -2.23. The van der Waals surface area contributed by atoms with Gasteiger partial charge in [-0.15, -0.1) is 0 Å². The predicted molar refractivity (Wildman–Crippen MR) is 64.6 cm³/mol. The van der Waals surface area contributed by atoms with Gasteiger partial charge in [0.25, 0.3) is 0 Å². The van der Waals surface area contributed by atoms with Crippen molar-refractivity contribution in [2.45, 2.75) is 41.0 Å². The molecule has 1 aliphatic carbocycles. The monoisotopic (exact) mass is 206 g/mol. The zero-order chi connectivity index (χ0) is 11.6. The Morgan fingerprint density at radius 1 is 1.40 bits per heavy atom. The van der Waals surface area contributed by atoms with E-state index >= 15 is 0 Å². The quantitative estimate of drug-likeness (QED) is 0.629. The molecule has 3 unspecified atom stereocenters. The van der Waals surface area contributed by atoms with Crippen molar-refractivity contribution in [3.63, 3.8) is 0 Å². The van der Waals surface area contributed by atoms with Crippen molar-refractivity contribution in [2.24, 2.45) is 17.3 Å². The molecule has 0 aromatic carbocycles. The van der Waals surface area contributed by atoms with E-state index in [1.807, 2.05) is 13.0 Å². The minimum Gasteiger partial charge on any atom is -0.298 e. The second-order valence-electron chi connectivity index (χ2n) is 5.29. The fraction of sp³-hybridized carbons (Fsp3) is 0.643. The maximum atomic E-state index is 12.0.